The van der Waals surface area contributed by atoms with Crippen LogP contribution in [-0.4, -0.2) is 27.5 Å². The van der Waals surface area contributed by atoms with E-state index in [9.17, 15) is 9.59 Å². The minimum atomic E-state index is -0.935. The lowest BCUT2D eigenvalue weighted by Gasteiger charge is -2.18. The Bertz CT molecular complexity index is 1040. The minimum Gasteiger partial charge on any atom is -0.449 e. The normalized spacial score (nSPS) is 14.6. The fraction of sp³-hybridized carbons (Fsp3) is 0.286. The summed E-state index contributed by atoms with van der Waals surface area (Å²) in [6.07, 6.45) is 4.55. The van der Waals surface area contributed by atoms with E-state index in [1.54, 1.807) is 17.6 Å². The molecule has 0 spiro atoms. The molecular weight excluding hydrogens is 364 g/mol. The second-order valence-electron chi connectivity index (χ2n) is 6.71. The van der Waals surface area contributed by atoms with Crippen LogP contribution >= 0.6 is 11.6 Å². The SMILES string of the molecule is CC(OC(=O)c1cccnc1Cl)C(=O)n1c2c(c3ccccc31)CCCC2. The van der Waals surface area contributed by atoms with Gasteiger partial charge in [-0.2, -0.15) is 0 Å². The fourth-order valence-corrected chi connectivity index (χ4v) is 3.94. The molecule has 1 atom stereocenters. The lowest BCUT2D eigenvalue weighted by atomic mass is 9.95. The standard InChI is InChI=1S/C21H19ClN2O3/c1-13(27-21(26)16-9-6-12-23-19(16)22)20(25)24-17-10-4-2-7-14(17)15-8-3-5-11-18(15)24/h2,4,6-7,9-10,12-13H,3,5,8,11H2,1H3. The molecule has 0 saturated heterocycles. The maximum absolute atomic E-state index is 13.2. The van der Waals surface area contributed by atoms with Crippen molar-refractivity contribution >= 4 is 34.4 Å². The molecule has 0 amide bonds. The van der Waals surface area contributed by atoms with Crippen molar-refractivity contribution in [3.63, 3.8) is 0 Å². The van der Waals surface area contributed by atoms with Crippen LogP contribution in [0, 0.1) is 0 Å². The van der Waals surface area contributed by atoms with Gasteiger partial charge in [-0.25, -0.2) is 9.78 Å². The van der Waals surface area contributed by atoms with Gasteiger partial charge in [0.05, 0.1) is 11.1 Å². The summed E-state index contributed by atoms with van der Waals surface area (Å²) in [6.45, 7) is 1.59. The molecule has 0 fully saturated rings. The molecule has 2 heterocycles. The molecule has 5 nitrogen and oxygen atoms in total. The van der Waals surface area contributed by atoms with Crippen LogP contribution in [0.5, 0.6) is 0 Å². The lowest BCUT2D eigenvalue weighted by Crippen LogP contribution is -2.30. The number of aryl methyl sites for hydroxylation is 1. The van der Waals surface area contributed by atoms with E-state index in [4.69, 9.17) is 16.3 Å². The fourth-order valence-electron chi connectivity index (χ4n) is 3.74. The number of carbonyl (C=O) groups excluding carboxylic acids is 2. The molecule has 0 saturated carbocycles. The predicted octanol–water partition coefficient (Wildman–Crippen LogP) is 4.45. The Morgan fingerprint density at radius 2 is 1.93 bits per heavy atom. The molecule has 0 bridgehead atoms. The van der Waals surface area contributed by atoms with Gasteiger partial charge < -0.3 is 4.74 Å². The number of nitrogens with zero attached hydrogens (tertiary/aromatic N) is 2. The van der Waals surface area contributed by atoms with Crippen LogP contribution in [0.2, 0.25) is 5.15 Å². The molecule has 0 radical (unpaired) electrons. The van der Waals surface area contributed by atoms with Gasteiger partial charge in [-0.05, 0) is 56.4 Å². The van der Waals surface area contributed by atoms with E-state index in [-0.39, 0.29) is 16.6 Å². The van der Waals surface area contributed by atoms with Crippen LogP contribution in [0.4, 0.5) is 0 Å². The van der Waals surface area contributed by atoms with E-state index in [1.807, 2.05) is 18.2 Å². The van der Waals surface area contributed by atoms with Crippen LogP contribution in [0.3, 0.4) is 0 Å². The van der Waals surface area contributed by atoms with Gasteiger partial charge >= 0.3 is 5.97 Å². The van der Waals surface area contributed by atoms with Gasteiger partial charge in [-0.1, -0.05) is 29.8 Å². The van der Waals surface area contributed by atoms with E-state index >= 15 is 0 Å². The van der Waals surface area contributed by atoms with Crippen molar-refractivity contribution in [1.29, 1.82) is 0 Å². The quantitative estimate of drug-likeness (QED) is 0.495. The summed E-state index contributed by atoms with van der Waals surface area (Å²) in [5.74, 6) is -0.901. The summed E-state index contributed by atoms with van der Waals surface area (Å²) in [6, 6.07) is 11.0. The topological polar surface area (TPSA) is 61.2 Å². The number of fused-ring (bicyclic) bond motifs is 3. The van der Waals surface area contributed by atoms with E-state index in [1.165, 1.54) is 17.8 Å². The zero-order valence-corrected chi connectivity index (χ0v) is 15.7. The van der Waals surface area contributed by atoms with Gasteiger partial charge in [0.25, 0.3) is 5.91 Å². The summed E-state index contributed by atoms with van der Waals surface area (Å²) in [7, 11) is 0. The number of rotatable bonds is 3. The molecule has 1 aliphatic carbocycles. The van der Waals surface area contributed by atoms with Crippen LogP contribution in [0.25, 0.3) is 10.9 Å². The summed E-state index contributed by atoms with van der Waals surface area (Å²) in [5, 5.41) is 1.17. The highest BCUT2D eigenvalue weighted by atomic mass is 35.5. The monoisotopic (exact) mass is 382 g/mol. The van der Waals surface area contributed by atoms with E-state index in [0.717, 1.165) is 42.3 Å². The third kappa shape index (κ3) is 3.12. The summed E-state index contributed by atoms with van der Waals surface area (Å²) in [5.41, 5.74) is 3.30. The van der Waals surface area contributed by atoms with Crippen molar-refractivity contribution in [3.05, 3.63) is 64.6 Å². The second kappa shape index (κ2) is 7.16. The molecule has 1 aromatic carbocycles. The maximum atomic E-state index is 13.2. The number of para-hydroxylation sites is 1. The molecule has 1 aliphatic rings. The highest BCUT2D eigenvalue weighted by molar-refractivity contribution is 6.32. The third-order valence-electron chi connectivity index (χ3n) is 5.01. The maximum Gasteiger partial charge on any atom is 0.342 e. The number of hydrogen-bond donors (Lipinski definition) is 0. The first-order valence-corrected chi connectivity index (χ1v) is 9.42. The Kier molecular flexibility index (Phi) is 4.70. The van der Waals surface area contributed by atoms with Gasteiger partial charge in [-0.15, -0.1) is 0 Å². The number of halogens is 1. The number of hydrogen-bond acceptors (Lipinski definition) is 4. The summed E-state index contributed by atoms with van der Waals surface area (Å²) < 4.78 is 7.14. The molecule has 4 rings (SSSR count). The second-order valence-corrected chi connectivity index (χ2v) is 7.07. The molecule has 6 heteroatoms. The smallest absolute Gasteiger partial charge is 0.342 e. The van der Waals surface area contributed by atoms with E-state index < -0.39 is 12.1 Å². The summed E-state index contributed by atoms with van der Waals surface area (Å²) >= 11 is 5.95. The number of ether oxygens (including phenoxy) is 1. The molecular formula is C21H19ClN2O3. The Morgan fingerprint density at radius 1 is 1.15 bits per heavy atom. The third-order valence-corrected chi connectivity index (χ3v) is 5.31. The predicted molar refractivity (Wildman–Crippen MR) is 103 cm³/mol. The Labute approximate surface area is 161 Å². The van der Waals surface area contributed by atoms with Gasteiger partial charge in [0.2, 0.25) is 0 Å². The largest absolute Gasteiger partial charge is 0.449 e. The number of aromatic nitrogens is 2. The zero-order chi connectivity index (χ0) is 19.0. The number of pyridine rings is 1. The van der Waals surface area contributed by atoms with Gasteiger partial charge in [0.15, 0.2) is 6.10 Å². The Hall–Kier alpha value is -2.66. The number of benzene rings is 1. The van der Waals surface area contributed by atoms with Crippen molar-refractivity contribution in [2.45, 2.75) is 38.7 Å². The molecule has 0 N–H and O–H groups in total. The highest BCUT2D eigenvalue weighted by Crippen LogP contribution is 2.32. The zero-order valence-electron chi connectivity index (χ0n) is 14.9. The van der Waals surface area contributed by atoms with Crippen LogP contribution in [0.15, 0.2) is 42.6 Å². The molecule has 0 aliphatic heterocycles. The van der Waals surface area contributed by atoms with Gasteiger partial charge in [0.1, 0.15) is 5.15 Å². The van der Waals surface area contributed by atoms with Crippen LogP contribution in [0.1, 0.15) is 46.2 Å². The highest BCUT2D eigenvalue weighted by Gasteiger charge is 2.28. The Morgan fingerprint density at radius 3 is 2.74 bits per heavy atom. The van der Waals surface area contributed by atoms with Crippen molar-refractivity contribution in [3.8, 4) is 0 Å². The first-order chi connectivity index (χ1) is 13.1. The van der Waals surface area contributed by atoms with Crippen molar-refractivity contribution in [2.75, 3.05) is 0 Å². The first-order valence-electron chi connectivity index (χ1n) is 9.05. The minimum absolute atomic E-state index is 0.0611. The summed E-state index contributed by atoms with van der Waals surface area (Å²) in [4.78, 5) is 29.5. The van der Waals surface area contributed by atoms with E-state index in [0.29, 0.717) is 0 Å². The molecule has 1 unspecified atom stereocenters. The molecule has 2 aromatic heterocycles. The number of esters is 1. The van der Waals surface area contributed by atoms with Crippen molar-refractivity contribution in [1.82, 2.24) is 9.55 Å². The first kappa shape index (κ1) is 17.7. The van der Waals surface area contributed by atoms with Crippen molar-refractivity contribution < 1.29 is 14.3 Å². The van der Waals surface area contributed by atoms with E-state index in [2.05, 4.69) is 11.1 Å². The van der Waals surface area contributed by atoms with Gasteiger partial charge in [0, 0.05) is 17.3 Å². The lowest BCUT2D eigenvalue weighted by molar-refractivity contribution is 0.0284. The van der Waals surface area contributed by atoms with Crippen molar-refractivity contribution in [2.24, 2.45) is 0 Å². The van der Waals surface area contributed by atoms with Crippen LogP contribution < -0.4 is 0 Å². The van der Waals surface area contributed by atoms with Gasteiger partial charge in [-0.3, -0.25) is 9.36 Å². The molecule has 27 heavy (non-hydrogen) atoms. The van der Waals surface area contributed by atoms with Crippen LogP contribution in [-0.2, 0) is 17.6 Å². The molecule has 3 aromatic rings. The Balaban J connectivity index is 1.67. The average molecular weight is 383 g/mol. The number of carbonyl (C=O) groups is 2. The average Bonchev–Trinajstić information content (AvgIpc) is 3.02. The molecule has 138 valence electrons.